The minimum Gasteiger partial charge on any atom is -0.759 e. The fourth-order valence-electron chi connectivity index (χ4n) is 4.60. The van der Waals surface area contributed by atoms with Crippen LogP contribution in [0.4, 0.5) is 35.1 Å². The highest BCUT2D eigenvalue weighted by atomic mass is 32.3. The van der Waals surface area contributed by atoms with Crippen LogP contribution in [-0.4, -0.2) is 62.5 Å². The number of carbonyl (C=O) groups is 1. The number of esters is 1. The minimum atomic E-state index is -7.44. The van der Waals surface area contributed by atoms with E-state index in [1.165, 1.54) is 11.6 Å². The second kappa shape index (κ2) is 9.38. The topological polar surface area (TPSA) is 167 Å². The Morgan fingerprint density at radius 1 is 0.946 bits per heavy atom. The maximum Gasteiger partial charge on any atom is 0.511 e. The Hall–Kier alpha value is -1.36. The Bertz CT molecular complexity index is 1230. The zero-order valence-electron chi connectivity index (χ0n) is 18.4. The highest BCUT2D eigenvalue weighted by molar-refractivity contribution is 8.05. The van der Waals surface area contributed by atoms with Crippen LogP contribution >= 0.6 is 0 Å². The largest absolute Gasteiger partial charge is 0.759 e. The highest BCUT2D eigenvalue weighted by Crippen LogP contribution is 2.52. The van der Waals surface area contributed by atoms with Crippen molar-refractivity contribution >= 4 is 36.0 Å². The summed E-state index contributed by atoms with van der Waals surface area (Å²) in [5.41, 5.74) is -16.6. The molecule has 22 heteroatoms. The summed E-state index contributed by atoms with van der Waals surface area (Å²) in [7, 11) is -20.9. The number of nitrogens with zero attached hydrogens (tertiary/aromatic N) is 1. The van der Waals surface area contributed by atoms with Gasteiger partial charge in [0, 0.05) is 12.0 Å². The van der Waals surface area contributed by atoms with Crippen LogP contribution in [0.3, 0.4) is 0 Å². The molecule has 1 N–H and O–H groups in total. The van der Waals surface area contributed by atoms with Crippen molar-refractivity contribution < 1.29 is 69.9 Å². The van der Waals surface area contributed by atoms with Crippen molar-refractivity contribution in [3.05, 3.63) is 5.21 Å². The van der Waals surface area contributed by atoms with Crippen LogP contribution in [0, 0.1) is 11.1 Å². The number of nitrogens with one attached hydrogen (secondary N) is 1. The maximum absolute atomic E-state index is 14.4. The quantitative estimate of drug-likeness (QED) is 0.244. The SMILES string of the molecule is CCC1CC2(NS(=O)(=O)C(F)(F)F)CCCC(OC(=O)C(F)(F)S(=O)(=O)N([O-])S(=O)(=O)C(F)(F)F)(C1)C2. The second-order valence-electron chi connectivity index (χ2n) is 8.75. The molecule has 3 unspecified atom stereocenters. The van der Waals surface area contributed by atoms with E-state index in [0.717, 1.165) is 0 Å². The zero-order valence-corrected chi connectivity index (χ0v) is 20.8. The molecule has 0 aliphatic heterocycles. The summed E-state index contributed by atoms with van der Waals surface area (Å²) in [6.45, 7) is 1.48. The predicted octanol–water partition coefficient (Wildman–Crippen LogP) is 2.41. The Morgan fingerprint density at radius 3 is 1.95 bits per heavy atom. The van der Waals surface area contributed by atoms with Crippen LogP contribution in [-0.2, 0) is 39.6 Å². The highest BCUT2D eigenvalue weighted by Gasteiger charge is 2.64. The normalized spacial score (nSPS) is 28.2. The van der Waals surface area contributed by atoms with E-state index in [9.17, 15) is 70.4 Å². The summed E-state index contributed by atoms with van der Waals surface area (Å²) in [6, 6.07) is 0. The Morgan fingerprint density at radius 2 is 1.49 bits per heavy atom. The van der Waals surface area contributed by atoms with E-state index in [2.05, 4.69) is 4.74 Å². The Kier molecular flexibility index (Phi) is 8.08. The number of hydrogen-bond donors (Lipinski definition) is 1. The molecule has 0 spiro atoms. The average Bonchev–Trinajstić information content (AvgIpc) is 2.69. The van der Waals surface area contributed by atoms with Crippen molar-refractivity contribution in [2.75, 3.05) is 0 Å². The molecule has 0 aromatic carbocycles. The van der Waals surface area contributed by atoms with Gasteiger partial charge >= 0.3 is 42.3 Å². The predicted molar refractivity (Wildman–Crippen MR) is 105 cm³/mol. The maximum atomic E-state index is 14.4. The summed E-state index contributed by atoms with van der Waals surface area (Å²) in [5, 5.41) is 5.15. The van der Waals surface area contributed by atoms with Crippen LogP contribution in [0.5, 0.6) is 0 Å². The molecule has 2 bridgehead atoms. The van der Waals surface area contributed by atoms with E-state index >= 15 is 0 Å². The fraction of sp³-hybridized carbons (Fsp3) is 0.933. The first-order valence-corrected chi connectivity index (χ1v) is 14.4. The van der Waals surface area contributed by atoms with Crippen LogP contribution in [0.1, 0.15) is 51.9 Å². The summed E-state index contributed by atoms with van der Waals surface area (Å²) in [6.07, 6.45) is -2.29. The van der Waals surface area contributed by atoms with E-state index in [1.54, 1.807) is 0 Å². The molecule has 0 aromatic heterocycles. The standard InChI is InChI=1S/C15H19F8N2O9S3/c1-2-9-6-11(24-35(28,29)14(18,19)20)4-3-5-12(7-9,8-11)34-10(26)13(16,17)36(30,31)25(27)37(32,33)15(21,22)23/h9,24H,2-8H2,1H3/q-1. The van der Waals surface area contributed by atoms with Crippen LogP contribution in [0.2, 0.25) is 0 Å². The third-order valence-corrected chi connectivity index (χ3v) is 10.8. The van der Waals surface area contributed by atoms with Crippen LogP contribution in [0.15, 0.2) is 0 Å². The van der Waals surface area contributed by atoms with Gasteiger partial charge < -0.3 is 9.94 Å². The monoisotopic (exact) mass is 619 g/mol. The van der Waals surface area contributed by atoms with Crippen molar-refractivity contribution in [2.45, 2.75) is 79.3 Å². The second-order valence-corrected chi connectivity index (χ2v) is 14.2. The number of alkyl halides is 8. The van der Waals surface area contributed by atoms with Gasteiger partial charge in [0.25, 0.3) is 10.0 Å². The van der Waals surface area contributed by atoms with Gasteiger partial charge in [-0.15, -0.1) is 0 Å². The molecule has 37 heavy (non-hydrogen) atoms. The van der Waals surface area contributed by atoms with Gasteiger partial charge in [-0.25, -0.2) is 34.8 Å². The van der Waals surface area contributed by atoms with Gasteiger partial charge in [-0.1, -0.05) is 13.3 Å². The number of carbonyl (C=O) groups excluding carboxylic acids is 1. The molecule has 2 fully saturated rings. The van der Waals surface area contributed by atoms with E-state index in [4.69, 9.17) is 0 Å². The first-order chi connectivity index (χ1) is 16.3. The van der Waals surface area contributed by atoms with E-state index < -0.39 is 86.1 Å². The third-order valence-electron chi connectivity index (χ3n) is 6.08. The first-order valence-electron chi connectivity index (χ1n) is 10.0. The number of halogens is 8. The lowest BCUT2D eigenvalue weighted by Gasteiger charge is -2.54. The van der Waals surface area contributed by atoms with Crippen molar-refractivity contribution in [1.29, 1.82) is 0 Å². The number of hydrogen-bond acceptors (Lipinski definition) is 9. The van der Waals surface area contributed by atoms with Gasteiger partial charge in [0.1, 0.15) is 5.60 Å². The summed E-state index contributed by atoms with van der Waals surface area (Å²) >= 11 is 0. The van der Waals surface area contributed by atoms with Crippen molar-refractivity contribution in [3.8, 4) is 0 Å². The molecule has 0 heterocycles. The van der Waals surface area contributed by atoms with E-state index in [-0.39, 0.29) is 32.1 Å². The molecule has 2 aliphatic carbocycles. The van der Waals surface area contributed by atoms with Crippen molar-refractivity contribution in [2.24, 2.45) is 5.92 Å². The zero-order chi connectivity index (χ0) is 29.1. The van der Waals surface area contributed by atoms with Crippen LogP contribution < -0.4 is 4.72 Å². The smallest absolute Gasteiger partial charge is 0.511 e. The van der Waals surface area contributed by atoms with E-state index in [1.807, 2.05) is 0 Å². The molecular formula is C15H19F8N2O9S3-. The lowest BCUT2D eigenvalue weighted by molar-refractivity contribution is -0.191. The van der Waals surface area contributed by atoms with Gasteiger partial charge in [0.05, 0.1) is 0 Å². The summed E-state index contributed by atoms with van der Waals surface area (Å²) in [5.74, 6) is -3.93. The molecule has 0 radical (unpaired) electrons. The van der Waals surface area contributed by atoms with Gasteiger partial charge in [-0.3, -0.25) is 0 Å². The molecule has 2 saturated carbocycles. The number of fused-ring (bicyclic) bond motifs is 2. The first kappa shape index (κ1) is 31.9. The molecule has 11 nitrogen and oxygen atoms in total. The molecule has 218 valence electrons. The number of sulfonamides is 3. The Labute approximate surface area is 205 Å². The average molecular weight is 620 g/mol. The van der Waals surface area contributed by atoms with Crippen molar-refractivity contribution in [3.63, 3.8) is 0 Å². The van der Waals surface area contributed by atoms with E-state index in [0.29, 0.717) is 0 Å². The summed E-state index contributed by atoms with van der Waals surface area (Å²) in [4.78, 5) is 12.2. The molecular weight excluding hydrogens is 600 g/mol. The molecule has 0 amide bonds. The molecule has 2 rings (SSSR count). The van der Waals surface area contributed by atoms with Crippen molar-refractivity contribution in [1.82, 2.24) is 8.60 Å². The number of ether oxygens (including phenoxy) is 1. The van der Waals surface area contributed by atoms with Gasteiger partial charge in [0.2, 0.25) is 0 Å². The fourth-order valence-corrected chi connectivity index (χ4v) is 7.72. The lowest BCUT2D eigenvalue weighted by atomic mass is 9.61. The molecule has 3 atom stereocenters. The number of rotatable bonds is 8. The molecule has 2 aliphatic rings. The lowest BCUT2D eigenvalue weighted by Crippen LogP contribution is -2.63. The minimum absolute atomic E-state index is 0.0989. The van der Waals surface area contributed by atoms with Gasteiger partial charge in [-0.05, 0) is 38.0 Å². The summed E-state index contributed by atoms with van der Waals surface area (Å²) < 4.78 is 177. The Balaban J connectivity index is 2.45. The molecule has 0 saturated heterocycles. The molecule has 0 aromatic rings. The van der Waals surface area contributed by atoms with Crippen LogP contribution in [0.25, 0.3) is 0 Å². The third kappa shape index (κ3) is 5.68. The van der Waals surface area contributed by atoms with Gasteiger partial charge in [-0.2, -0.15) is 39.0 Å². The van der Waals surface area contributed by atoms with Gasteiger partial charge in [0.15, 0.2) is 0 Å².